The van der Waals surface area contributed by atoms with E-state index in [9.17, 15) is 4.79 Å². The average molecular weight is 377 g/mol. The van der Waals surface area contributed by atoms with Crippen molar-refractivity contribution in [2.75, 3.05) is 0 Å². The Kier molecular flexibility index (Phi) is 5.66. The lowest BCUT2D eigenvalue weighted by Crippen LogP contribution is -2.23. The highest BCUT2D eigenvalue weighted by atomic mass is 35.5. The Labute approximate surface area is 154 Å². The van der Waals surface area contributed by atoms with Gasteiger partial charge in [-0.15, -0.1) is 22.7 Å². The predicted octanol–water partition coefficient (Wildman–Crippen LogP) is 5.08. The van der Waals surface area contributed by atoms with Crippen LogP contribution >= 0.6 is 34.3 Å². The SMILES string of the molecule is Cc1nc(-c2cccs2)c(CCC(=O)NCc2ccccc2Cl)s1. The average Bonchev–Trinajstić information content (AvgIpc) is 3.21. The van der Waals surface area contributed by atoms with Crippen molar-refractivity contribution in [3.05, 3.63) is 62.2 Å². The molecule has 3 rings (SSSR count). The van der Waals surface area contributed by atoms with E-state index >= 15 is 0 Å². The molecular formula is C18H17ClN2OS2. The van der Waals surface area contributed by atoms with Crippen LogP contribution in [0.2, 0.25) is 5.02 Å². The molecule has 0 saturated heterocycles. The Balaban J connectivity index is 1.58. The largest absolute Gasteiger partial charge is 0.352 e. The highest BCUT2D eigenvalue weighted by Crippen LogP contribution is 2.32. The van der Waals surface area contributed by atoms with E-state index in [2.05, 4.69) is 16.4 Å². The van der Waals surface area contributed by atoms with Crippen molar-refractivity contribution in [3.8, 4) is 10.6 Å². The van der Waals surface area contributed by atoms with Crippen molar-refractivity contribution in [3.63, 3.8) is 0 Å². The number of amides is 1. The molecule has 2 heterocycles. The molecule has 3 aromatic rings. The molecular weight excluding hydrogens is 360 g/mol. The van der Waals surface area contributed by atoms with E-state index in [1.54, 1.807) is 22.7 Å². The summed E-state index contributed by atoms with van der Waals surface area (Å²) in [7, 11) is 0. The minimum atomic E-state index is 0.0260. The summed E-state index contributed by atoms with van der Waals surface area (Å²) in [5, 5.41) is 6.69. The van der Waals surface area contributed by atoms with Gasteiger partial charge in [0.15, 0.2) is 0 Å². The Morgan fingerprint density at radius 2 is 2.08 bits per heavy atom. The van der Waals surface area contributed by atoms with Crippen LogP contribution in [0.5, 0.6) is 0 Å². The predicted molar refractivity (Wildman–Crippen MR) is 102 cm³/mol. The molecule has 0 saturated carbocycles. The summed E-state index contributed by atoms with van der Waals surface area (Å²) >= 11 is 9.45. The van der Waals surface area contributed by atoms with Crippen molar-refractivity contribution in [2.45, 2.75) is 26.3 Å². The third-order valence-electron chi connectivity index (χ3n) is 3.57. The van der Waals surface area contributed by atoms with E-state index in [0.29, 0.717) is 24.4 Å². The first-order valence-corrected chi connectivity index (χ1v) is 9.71. The van der Waals surface area contributed by atoms with Crippen LogP contribution in [0.25, 0.3) is 10.6 Å². The number of aromatic nitrogens is 1. The fourth-order valence-corrected chi connectivity index (χ4v) is 4.35. The van der Waals surface area contributed by atoms with Crippen molar-refractivity contribution in [1.29, 1.82) is 0 Å². The number of hydrogen-bond donors (Lipinski definition) is 1. The lowest BCUT2D eigenvalue weighted by atomic mass is 10.2. The number of thiophene rings is 1. The van der Waals surface area contributed by atoms with Crippen molar-refractivity contribution < 1.29 is 4.79 Å². The minimum Gasteiger partial charge on any atom is -0.352 e. The summed E-state index contributed by atoms with van der Waals surface area (Å²) in [4.78, 5) is 19.1. The van der Waals surface area contributed by atoms with Crippen LogP contribution in [-0.2, 0) is 17.8 Å². The van der Waals surface area contributed by atoms with E-state index in [4.69, 9.17) is 11.6 Å². The molecule has 0 spiro atoms. The summed E-state index contributed by atoms with van der Waals surface area (Å²) in [5.74, 6) is 0.0260. The number of thiazole rings is 1. The van der Waals surface area contributed by atoms with E-state index in [0.717, 1.165) is 21.1 Å². The molecule has 1 N–H and O–H groups in total. The van der Waals surface area contributed by atoms with Gasteiger partial charge in [-0.05, 0) is 36.4 Å². The number of carbonyl (C=O) groups is 1. The maximum absolute atomic E-state index is 12.1. The minimum absolute atomic E-state index is 0.0260. The molecule has 0 aliphatic rings. The topological polar surface area (TPSA) is 42.0 Å². The zero-order chi connectivity index (χ0) is 16.9. The fraction of sp³-hybridized carbons (Fsp3) is 0.222. The highest BCUT2D eigenvalue weighted by molar-refractivity contribution is 7.15. The fourth-order valence-electron chi connectivity index (χ4n) is 2.40. The summed E-state index contributed by atoms with van der Waals surface area (Å²) in [6.45, 7) is 2.46. The van der Waals surface area contributed by atoms with E-state index < -0.39 is 0 Å². The maximum atomic E-state index is 12.1. The Morgan fingerprint density at radius 3 is 2.83 bits per heavy atom. The molecule has 0 aliphatic carbocycles. The van der Waals surface area contributed by atoms with Crippen LogP contribution in [0, 0.1) is 6.92 Å². The van der Waals surface area contributed by atoms with Crippen LogP contribution in [0.4, 0.5) is 0 Å². The van der Waals surface area contributed by atoms with Crippen LogP contribution in [-0.4, -0.2) is 10.9 Å². The molecule has 6 heteroatoms. The Bertz CT molecular complexity index is 827. The second-order valence-corrected chi connectivity index (χ2v) is 7.99. The van der Waals surface area contributed by atoms with Crippen LogP contribution in [0.1, 0.15) is 21.9 Å². The lowest BCUT2D eigenvalue weighted by molar-refractivity contribution is -0.121. The van der Waals surface area contributed by atoms with Crippen LogP contribution in [0.3, 0.4) is 0 Å². The molecule has 1 amide bonds. The van der Waals surface area contributed by atoms with Gasteiger partial charge in [0.2, 0.25) is 5.91 Å². The molecule has 124 valence electrons. The number of rotatable bonds is 6. The summed E-state index contributed by atoms with van der Waals surface area (Å²) in [6.07, 6.45) is 1.15. The van der Waals surface area contributed by atoms with Crippen molar-refractivity contribution >= 4 is 40.2 Å². The zero-order valence-electron chi connectivity index (χ0n) is 13.2. The number of aryl methyl sites for hydroxylation is 2. The van der Waals surface area contributed by atoms with E-state index in [-0.39, 0.29) is 5.91 Å². The van der Waals surface area contributed by atoms with Gasteiger partial charge in [0.1, 0.15) is 0 Å². The number of carbonyl (C=O) groups excluding carboxylic acids is 1. The first-order valence-electron chi connectivity index (χ1n) is 7.64. The monoisotopic (exact) mass is 376 g/mol. The van der Waals surface area contributed by atoms with Gasteiger partial charge < -0.3 is 5.32 Å². The van der Waals surface area contributed by atoms with Gasteiger partial charge in [0.25, 0.3) is 0 Å². The number of benzene rings is 1. The van der Waals surface area contributed by atoms with Gasteiger partial charge in [0.05, 0.1) is 15.6 Å². The van der Waals surface area contributed by atoms with Gasteiger partial charge in [-0.3, -0.25) is 4.79 Å². The number of nitrogens with one attached hydrogen (secondary N) is 1. The molecule has 0 radical (unpaired) electrons. The Hall–Kier alpha value is -1.69. The molecule has 2 aromatic heterocycles. The second-order valence-electron chi connectivity index (χ2n) is 5.35. The summed E-state index contributed by atoms with van der Waals surface area (Å²) < 4.78 is 0. The molecule has 0 unspecified atom stereocenters. The van der Waals surface area contributed by atoms with Crippen LogP contribution in [0.15, 0.2) is 41.8 Å². The molecule has 0 bridgehead atoms. The lowest BCUT2D eigenvalue weighted by Gasteiger charge is -2.07. The zero-order valence-corrected chi connectivity index (χ0v) is 15.6. The number of hydrogen-bond acceptors (Lipinski definition) is 4. The van der Waals surface area contributed by atoms with Crippen LogP contribution < -0.4 is 5.32 Å². The molecule has 0 atom stereocenters. The quantitative estimate of drug-likeness (QED) is 0.651. The summed E-state index contributed by atoms with van der Waals surface area (Å²) in [5.41, 5.74) is 1.95. The Morgan fingerprint density at radius 1 is 1.25 bits per heavy atom. The summed E-state index contributed by atoms with van der Waals surface area (Å²) in [6, 6.07) is 11.6. The van der Waals surface area contributed by atoms with Gasteiger partial charge >= 0.3 is 0 Å². The normalized spacial score (nSPS) is 10.8. The van der Waals surface area contributed by atoms with Gasteiger partial charge in [-0.2, -0.15) is 0 Å². The number of nitrogens with zero attached hydrogens (tertiary/aromatic N) is 1. The molecule has 1 aromatic carbocycles. The molecule has 0 aliphatic heterocycles. The van der Waals surface area contributed by atoms with Gasteiger partial charge in [-0.1, -0.05) is 35.9 Å². The third kappa shape index (κ3) is 4.23. The first-order chi connectivity index (χ1) is 11.6. The maximum Gasteiger partial charge on any atom is 0.220 e. The van der Waals surface area contributed by atoms with Gasteiger partial charge in [0, 0.05) is 22.9 Å². The first kappa shape index (κ1) is 17.1. The third-order valence-corrected chi connectivity index (χ3v) is 5.85. The highest BCUT2D eigenvalue weighted by Gasteiger charge is 2.13. The van der Waals surface area contributed by atoms with E-state index in [1.165, 1.54) is 4.88 Å². The molecule has 0 fully saturated rings. The number of halogens is 1. The van der Waals surface area contributed by atoms with Crippen molar-refractivity contribution in [1.82, 2.24) is 10.3 Å². The molecule has 24 heavy (non-hydrogen) atoms. The van der Waals surface area contributed by atoms with E-state index in [1.807, 2.05) is 42.6 Å². The van der Waals surface area contributed by atoms with Crippen molar-refractivity contribution in [2.24, 2.45) is 0 Å². The molecule has 3 nitrogen and oxygen atoms in total. The van der Waals surface area contributed by atoms with Gasteiger partial charge in [-0.25, -0.2) is 4.98 Å². The smallest absolute Gasteiger partial charge is 0.220 e. The second kappa shape index (κ2) is 7.92. The standard InChI is InChI=1S/C18H17ClN2OS2/c1-12-21-18(15-7-4-10-23-15)16(24-12)8-9-17(22)20-11-13-5-2-3-6-14(13)19/h2-7,10H,8-9,11H2,1H3,(H,20,22).